The Morgan fingerprint density at radius 3 is 2.55 bits per heavy atom. The molecule has 0 atom stereocenters. The molecule has 2 rings (SSSR count). The van der Waals surface area contributed by atoms with Gasteiger partial charge < -0.3 is 0 Å². The summed E-state index contributed by atoms with van der Waals surface area (Å²) in [4.78, 5) is 4.05. The summed E-state index contributed by atoms with van der Waals surface area (Å²) in [5.41, 5.74) is 0.922. The molecule has 0 bridgehead atoms. The van der Waals surface area contributed by atoms with E-state index in [2.05, 4.69) is 25.6 Å². The third kappa shape index (κ3) is 3.44. The maximum absolute atomic E-state index is 12.3. The van der Waals surface area contributed by atoms with Gasteiger partial charge in [-0.1, -0.05) is 23.2 Å². The lowest BCUT2D eigenvalue weighted by molar-refractivity contribution is 0.601. The van der Waals surface area contributed by atoms with Crippen LogP contribution in [0.4, 0.5) is 5.69 Å². The Labute approximate surface area is 135 Å². The molecule has 0 aliphatic heterocycles. The maximum Gasteiger partial charge on any atom is 0.263 e. The van der Waals surface area contributed by atoms with E-state index in [1.54, 1.807) is 19.1 Å². The van der Waals surface area contributed by atoms with Crippen LogP contribution in [0.1, 0.15) is 5.69 Å². The van der Waals surface area contributed by atoms with Crippen molar-refractivity contribution in [2.45, 2.75) is 11.8 Å². The molecule has 0 fully saturated rings. The predicted molar refractivity (Wildman–Crippen MR) is 83.9 cm³/mol. The second-order valence-electron chi connectivity index (χ2n) is 3.95. The molecule has 0 spiro atoms. The zero-order valence-electron chi connectivity index (χ0n) is 10.2. The van der Waals surface area contributed by atoms with Gasteiger partial charge in [0.1, 0.15) is 9.50 Å². The van der Waals surface area contributed by atoms with Crippen LogP contribution in [0, 0.1) is 6.92 Å². The number of aromatic nitrogens is 1. The molecule has 106 valence electrons. The Balaban J connectivity index is 2.43. The number of anilines is 1. The highest BCUT2D eigenvalue weighted by molar-refractivity contribution is 9.10. The summed E-state index contributed by atoms with van der Waals surface area (Å²) in [5, 5.41) is 0.394. The summed E-state index contributed by atoms with van der Waals surface area (Å²) in [5.74, 6) is 0. The van der Waals surface area contributed by atoms with Gasteiger partial charge >= 0.3 is 0 Å². The fourth-order valence-corrected chi connectivity index (χ4v) is 3.80. The van der Waals surface area contributed by atoms with E-state index in [-0.39, 0.29) is 9.92 Å². The molecule has 1 aromatic carbocycles. The summed E-state index contributed by atoms with van der Waals surface area (Å²) in [6.45, 7) is 1.70. The van der Waals surface area contributed by atoms with Crippen molar-refractivity contribution in [3.05, 3.63) is 50.7 Å². The minimum absolute atomic E-state index is 0.0750. The number of hydrogen-bond donors (Lipinski definition) is 1. The molecular weight excluding hydrogens is 387 g/mol. The van der Waals surface area contributed by atoms with Gasteiger partial charge in [-0.05, 0) is 53.2 Å². The molecule has 0 saturated carbocycles. The summed E-state index contributed by atoms with van der Waals surface area (Å²) in [6, 6.07) is 7.52. The SMILES string of the molecule is Cc1nc(Br)ccc1NS(=O)(=O)c1cc(Cl)ccc1Cl. The molecule has 1 N–H and O–H groups in total. The van der Waals surface area contributed by atoms with Crippen molar-refractivity contribution < 1.29 is 8.42 Å². The average Bonchev–Trinajstić information content (AvgIpc) is 2.35. The third-order valence-corrected chi connectivity index (χ3v) is 5.00. The second kappa shape index (κ2) is 5.89. The lowest BCUT2D eigenvalue weighted by Gasteiger charge is -2.11. The molecule has 20 heavy (non-hydrogen) atoms. The molecule has 1 aromatic heterocycles. The lowest BCUT2D eigenvalue weighted by atomic mass is 10.3. The highest BCUT2D eigenvalue weighted by atomic mass is 79.9. The normalized spacial score (nSPS) is 11.4. The van der Waals surface area contributed by atoms with Gasteiger partial charge in [0.25, 0.3) is 10.0 Å². The standard InChI is InChI=1S/C12H9BrCl2N2O2S/c1-7-10(4-5-12(13)16-7)17-20(18,19)11-6-8(14)2-3-9(11)15/h2-6,17H,1H3. The summed E-state index contributed by atoms with van der Waals surface area (Å²) in [6.07, 6.45) is 0. The van der Waals surface area contributed by atoms with Crippen molar-refractivity contribution in [2.75, 3.05) is 4.72 Å². The molecular formula is C12H9BrCl2N2O2S. The van der Waals surface area contributed by atoms with Crippen molar-refractivity contribution in [1.29, 1.82) is 0 Å². The summed E-state index contributed by atoms with van der Waals surface area (Å²) >= 11 is 14.9. The van der Waals surface area contributed by atoms with E-state index in [4.69, 9.17) is 23.2 Å². The molecule has 4 nitrogen and oxygen atoms in total. The molecule has 0 unspecified atom stereocenters. The first-order valence-electron chi connectivity index (χ1n) is 5.40. The van der Waals surface area contributed by atoms with Crippen LogP contribution in [-0.2, 0) is 10.0 Å². The van der Waals surface area contributed by atoms with Gasteiger partial charge in [-0.25, -0.2) is 13.4 Å². The van der Waals surface area contributed by atoms with Gasteiger partial charge in [-0.15, -0.1) is 0 Å². The first-order valence-corrected chi connectivity index (χ1v) is 8.44. The number of pyridine rings is 1. The van der Waals surface area contributed by atoms with Crippen molar-refractivity contribution in [3.8, 4) is 0 Å². The van der Waals surface area contributed by atoms with E-state index in [9.17, 15) is 8.42 Å². The highest BCUT2D eigenvalue weighted by Crippen LogP contribution is 2.27. The Hall–Kier alpha value is -0.820. The van der Waals surface area contributed by atoms with Crippen LogP contribution in [0.25, 0.3) is 0 Å². The monoisotopic (exact) mass is 394 g/mol. The fourth-order valence-electron chi connectivity index (χ4n) is 1.52. The van der Waals surface area contributed by atoms with Crippen LogP contribution in [0.2, 0.25) is 10.0 Å². The van der Waals surface area contributed by atoms with Gasteiger partial charge in [-0.3, -0.25) is 4.72 Å². The van der Waals surface area contributed by atoms with Crippen LogP contribution in [0.5, 0.6) is 0 Å². The number of rotatable bonds is 3. The minimum Gasteiger partial charge on any atom is -0.278 e. The smallest absolute Gasteiger partial charge is 0.263 e. The predicted octanol–water partition coefficient (Wildman–Crippen LogP) is 4.26. The Bertz CT molecular complexity index is 766. The number of hydrogen-bond acceptors (Lipinski definition) is 3. The Morgan fingerprint density at radius 1 is 1.20 bits per heavy atom. The van der Waals surface area contributed by atoms with Gasteiger partial charge in [0, 0.05) is 5.02 Å². The second-order valence-corrected chi connectivity index (χ2v) is 7.25. The number of aryl methyl sites for hydroxylation is 1. The molecule has 1 heterocycles. The molecule has 0 aliphatic carbocycles. The summed E-state index contributed by atoms with van der Waals surface area (Å²) in [7, 11) is -3.82. The number of sulfonamides is 1. The van der Waals surface area contributed by atoms with Gasteiger partial charge in [0.2, 0.25) is 0 Å². The van der Waals surface area contributed by atoms with Crippen LogP contribution < -0.4 is 4.72 Å². The van der Waals surface area contributed by atoms with E-state index in [1.807, 2.05) is 0 Å². The number of nitrogens with zero attached hydrogens (tertiary/aromatic N) is 1. The quantitative estimate of drug-likeness (QED) is 0.789. The topological polar surface area (TPSA) is 59.1 Å². The molecule has 2 aromatic rings. The fraction of sp³-hybridized carbons (Fsp3) is 0.0833. The largest absolute Gasteiger partial charge is 0.278 e. The lowest BCUT2D eigenvalue weighted by Crippen LogP contribution is -2.14. The van der Waals surface area contributed by atoms with Gasteiger partial charge in [-0.2, -0.15) is 0 Å². The molecule has 0 saturated heterocycles. The Kier molecular flexibility index (Phi) is 4.59. The third-order valence-electron chi connectivity index (χ3n) is 2.48. The van der Waals surface area contributed by atoms with E-state index in [0.717, 1.165) is 0 Å². The van der Waals surface area contributed by atoms with Crippen molar-refractivity contribution in [2.24, 2.45) is 0 Å². The van der Waals surface area contributed by atoms with E-state index in [1.165, 1.54) is 18.2 Å². The van der Waals surface area contributed by atoms with Gasteiger partial charge in [0.05, 0.1) is 16.4 Å². The maximum atomic E-state index is 12.3. The Morgan fingerprint density at radius 2 is 1.90 bits per heavy atom. The number of benzene rings is 1. The molecule has 0 aliphatic rings. The van der Waals surface area contributed by atoms with E-state index in [0.29, 0.717) is 21.0 Å². The van der Waals surface area contributed by atoms with E-state index < -0.39 is 10.0 Å². The number of nitrogens with one attached hydrogen (secondary N) is 1. The van der Waals surface area contributed by atoms with Crippen LogP contribution in [0.15, 0.2) is 39.8 Å². The van der Waals surface area contributed by atoms with Crippen LogP contribution in [0.3, 0.4) is 0 Å². The summed E-state index contributed by atoms with van der Waals surface area (Å²) < 4.78 is 27.7. The number of halogens is 3. The van der Waals surface area contributed by atoms with Gasteiger partial charge in [0.15, 0.2) is 0 Å². The zero-order chi connectivity index (χ0) is 14.9. The van der Waals surface area contributed by atoms with Crippen molar-refractivity contribution >= 4 is 54.8 Å². The van der Waals surface area contributed by atoms with Crippen molar-refractivity contribution in [1.82, 2.24) is 4.98 Å². The molecule has 8 heteroatoms. The highest BCUT2D eigenvalue weighted by Gasteiger charge is 2.19. The van der Waals surface area contributed by atoms with Crippen molar-refractivity contribution in [3.63, 3.8) is 0 Å². The first kappa shape index (κ1) is 15.6. The molecule has 0 amide bonds. The minimum atomic E-state index is -3.82. The molecule has 0 radical (unpaired) electrons. The van der Waals surface area contributed by atoms with Crippen LogP contribution >= 0.6 is 39.1 Å². The first-order chi connectivity index (χ1) is 9.29. The van der Waals surface area contributed by atoms with Crippen LogP contribution in [-0.4, -0.2) is 13.4 Å². The average molecular weight is 396 g/mol. The van der Waals surface area contributed by atoms with E-state index >= 15 is 0 Å². The zero-order valence-corrected chi connectivity index (χ0v) is 14.1.